The van der Waals surface area contributed by atoms with Gasteiger partial charge in [-0.05, 0) is 66.9 Å². The van der Waals surface area contributed by atoms with E-state index in [2.05, 4.69) is 80.0 Å². The van der Waals surface area contributed by atoms with E-state index in [0.717, 1.165) is 44.1 Å². The summed E-state index contributed by atoms with van der Waals surface area (Å²) in [5, 5.41) is 0. The van der Waals surface area contributed by atoms with Gasteiger partial charge in [0.25, 0.3) is 0 Å². The first-order chi connectivity index (χ1) is 21.2. The number of ether oxygens (including phenoxy) is 5. The van der Waals surface area contributed by atoms with Gasteiger partial charge in [-0.1, -0.05) is 117 Å². The minimum absolute atomic E-state index is 0.0546. The van der Waals surface area contributed by atoms with Gasteiger partial charge in [0.1, 0.15) is 4.83 Å². The molecule has 0 heterocycles. The highest BCUT2D eigenvalue weighted by Gasteiger charge is 2.34. The minimum Gasteiger partial charge on any atom is -0.468 e. The Morgan fingerprint density at radius 2 is 1.25 bits per heavy atom. The molecule has 0 fully saturated rings. The van der Waals surface area contributed by atoms with E-state index in [4.69, 9.17) is 23.7 Å². The lowest BCUT2D eigenvalue weighted by Gasteiger charge is -2.36. The van der Waals surface area contributed by atoms with E-state index < -0.39 is 4.83 Å². The first kappa shape index (κ1) is 38.4. The quantitative estimate of drug-likeness (QED) is 0.0665. The van der Waals surface area contributed by atoms with Gasteiger partial charge >= 0.3 is 5.97 Å². The second-order valence-corrected chi connectivity index (χ2v) is 13.6. The van der Waals surface area contributed by atoms with Crippen LogP contribution in [0.25, 0.3) is 0 Å². The number of rotatable bonds is 23. The van der Waals surface area contributed by atoms with Crippen LogP contribution in [-0.2, 0) is 41.7 Å². The second-order valence-electron chi connectivity index (χ2n) is 12.5. The van der Waals surface area contributed by atoms with E-state index in [1.54, 1.807) is 14.2 Å². The summed E-state index contributed by atoms with van der Waals surface area (Å²) in [6.45, 7) is 10.2. The van der Waals surface area contributed by atoms with Gasteiger partial charge < -0.3 is 23.7 Å². The van der Waals surface area contributed by atoms with Gasteiger partial charge in [-0.15, -0.1) is 0 Å². The Morgan fingerprint density at radius 3 is 1.75 bits per heavy atom. The molecule has 44 heavy (non-hydrogen) atoms. The molecule has 0 aliphatic rings. The lowest BCUT2D eigenvalue weighted by Crippen LogP contribution is -2.37. The molecular formula is C37H57BrO6. The van der Waals surface area contributed by atoms with Gasteiger partial charge in [0, 0.05) is 14.2 Å². The molecule has 6 nitrogen and oxygen atoms in total. The van der Waals surface area contributed by atoms with Gasteiger partial charge in [0.05, 0.1) is 32.5 Å². The van der Waals surface area contributed by atoms with E-state index in [1.807, 2.05) is 24.3 Å². The number of hydrogen-bond acceptors (Lipinski definition) is 6. The molecule has 2 rings (SSSR count). The molecule has 2 aromatic carbocycles. The highest BCUT2D eigenvalue weighted by Crippen LogP contribution is 2.33. The number of esters is 1. The van der Waals surface area contributed by atoms with Gasteiger partial charge in [-0.3, -0.25) is 4.79 Å². The summed E-state index contributed by atoms with van der Waals surface area (Å²) in [7, 11) is 4.83. The number of methoxy groups -OCH3 is 3. The standard InChI is InChI=1S/C37H57BrO6/c1-27(2)32(35(24-33(38)37(39)42-7)44-26-31-19-12-9-13-20-31)23-34(43-25-30-17-10-8-11-18-30)29(4)16-14-15-28(3)21-22-36(40-5)41-6/h8-13,17-20,27-29,32-36H,14-16,21-26H2,1-7H3/t28-,29+,32-,33?,34?,35-/m1/s1. The maximum atomic E-state index is 12.4. The van der Waals surface area contributed by atoms with Crippen LogP contribution in [-0.4, -0.2) is 50.6 Å². The van der Waals surface area contributed by atoms with Crippen LogP contribution >= 0.6 is 15.9 Å². The summed E-state index contributed by atoms with van der Waals surface area (Å²) >= 11 is 3.58. The fraction of sp³-hybridized carbons (Fsp3) is 0.649. The SMILES string of the molecule is COC(=O)C(Br)C[C@@H](OCc1ccccc1)[C@H](CC(OCc1ccccc1)[C@@H](C)CCC[C@@H](C)CCC(OC)OC)C(C)C. The first-order valence-electron chi connectivity index (χ1n) is 16.3. The second kappa shape index (κ2) is 21.9. The molecule has 0 saturated carbocycles. The van der Waals surface area contributed by atoms with Gasteiger partial charge in [0.15, 0.2) is 6.29 Å². The van der Waals surface area contributed by atoms with Crippen molar-refractivity contribution in [3.05, 3.63) is 71.8 Å². The average molecular weight is 678 g/mol. The monoisotopic (exact) mass is 676 g/mol. The molecule has 0 bridgehead atoms. The van der Waals surface area contributed by atoms with Crippen LogP contribution in [0.3, 0.4) is 0 Å². The molecule has 0 saturated heterocycles. The van der Waals surface area contributed by atoms with Crippen molar-refractivity contribution in [2.45, 2.75) is 109 Å². The lowest BCUT2D eigenvalue weighted by atomic mass is 9.80. The molecule has 0 radical (unpaired) electrons. The van der Waals surface area contributed by atoms with E-state index >= 15 is 0 Å². The van der Waals surface area contributed by atoms with Crippen molar-refractivity contribution in [2.75, 3.05) is 21.3 Å². The van der Waals surface area contributed by atoms with Crippen LogP contribution in [0.15, 0.2) is 60.7 Å². The van der Waals surface area contributed by atoms with Gasteiger partial charge in [0.2, 0.25) is 0 Å². The summed E-state index contributed by atoms with van der Waals surface area (Å²) in [5.74, 6) is 1.21. The largest absolute Gasteiger partial charge is 0.468 e. The van der Waals surface area contributed by atoms with Crippen molar-refractivity contribution in [3.8, 4) is 0 Å². The van der Waals surface area contributed by atoms with Crippen molar-refractivity contribution in [1.82, 2.24) is 0 Å². The van der Waals surface area contributed by atoms with Gasteiger partial charge in [-0.2, -0.15) is 0 Å². The Bertz CT molecular complexity index is 1000. The molecule has 0 aromatic heterocycles. The van der Waals surface area contributed by atoms with Crippen molar-refractivity contribution in [2.24, 2.45) is 23.7 Å². The van der Waals surface area contributed by atoms with Gasteiger partial charge in [-0.25, -0.2) is 0 Å². The maximum absolute atomic E-state index is 12.4. The molecule has 0 amide bonds. The molecule has 248 valence electrons. The third kappa shape index (κ3) is 14.6. The normalized spacial score (nSPS) is 16.0. The molecule has 2 aromatic rings. The van der Waals surface area contributed by atoms with Crippen molar-refractivity contribution >= 4 is 21.9 Å². The molecule has 7 heteroatoms. The predicted molar refractivity (Wildman–Crippen MR) is 182 cm³/mol. The van der Waals surface area contributed by atoms with E-state index in [9.17, 15) is 4.79 Å². The summed E-state index contributed by atoms with van der Waals surface area (Å²) in [5.41, 5.74) is 2.29. The van der Waals surface area contributed by atoms with Crippen LogP contribution in [0.5, 0.6) is 0 Å². The number of hydrogen-bond donors (Lipinski definition) is 0. The molecule has 0 aliphatic heterocycles. The number of carbonyl (C=O) groups is 1. The number of halogens is 1. The molecule has 0 aliphatic carbocycles. The highest BCUT2D eigenvalue weighted by atomic mass is 79.9. The molecule has 2 unspecified atom stereocenters. The van der Waals surface area contributed by atoms with Crippen LogP contribution in [0.2, 0.25) is 0 Å². The Kier molecular flexibility index (Phi) is 19.1. The third-order valence-corrected chi connectivity index (χ3v) is 9.51. The number of alkyl halides is 1. The van der Waals surface area contributed by atoms with Crippen molar-refractivity contribution < 1.29 is 28.5 Å². The topological polar surface area (TPSA) is 63.2 Å². The van der Waals surface area contributed by atoms with E-state index in [1.165, 1.54) is 12.7 Å². The molecule has 6 atom stereocenters. The van der Waals surface area contributed by atoms with Crippen LogP contribution < -0.4 is 0 Å². The summed E-state index contributed by atoms with van der Waals surface area (Å²) in [4.78, 5) is 12.0. The summed E-state index contributed by atoms with van der Waals surface area (Å²) in [6, 6.07) is 20.6. The van der Waals surface area contributed by atoms with Crippen molar-refractivity contribution in [1.29, 1.82) is 0 Å². The van der Waals surface area contributed by atoms with E-state index in [-0.39, 0.29) is 30.4 Å². The minimum atomic E-state index is -0.437. The van der Waals surface area contributed by atoms with Crippen LogP contribution in [0.1, 0.15) is 83.8 Å². The summed E-state index contributed by atoms with van der Waals surface area (Å²) < 4.78 is 29.1. The fourth-order valence-corrected chi connectivity index (χ4v) is 6.36. The zero-order valence-electron chi connectivity index (χ0n) is 28.1. The van der Waals surface area contributed by atoms with Crippen molar-refractivity contribution in [3.63, 3.8) is 0 Å². The third-order valence-electron chi connectivity index (χ3n) is 8.76. The Hall–Kier alpha value is -1.77. The van der Waals surface area contributed by atoms with E-state index in [0.29, 0.717) is 37.4 Å². The first-order valence-corrected chi connectivity index (χ1v) is 17.2. The molecule has 0 spiro atoms. The Morgan fingerprint density at radius 1 is 0.705 bits per heavy atom. The fourth-order valence-electron chi connectivity index (χ4n) is 5.81. The van der Waals surface area contributed by atoms with Crippen LogP contribution in [0.4, 0.5) is 0 Å². The zero-order valence-corrected chi connectivity index (χ0v) is 29.7. The number of carbonyl (C=O) groups excluding carboxylic acids is 1. The highest BCUT2D eigenvalue weighted by molar-refractivity contribution is 9.10. The average Bonchev–Trinajstić information content (AvgIpc) is 3.04. The Balaban J connectivity index is 2.17. The smallest absolute Gasteiger partial charge is 0.319 e. The lowest BCUT2D eigenvalue weighted by molar-refractivity contribution is -0.141. The maximum Gasteiger partial charge on any atom is 0.319 e. The molecular weight excluding hydrogens is 620 g/mol. The Labute approximate surface area is 275 Å². The zero-order chi connectivity index (χ0) is 32.3. The molecule has 0 N–H and O–H groups in total. The predicted octanol–water partition coefficient (Wildman–Crippen LogP) is 8.99. The number of benzene rings is 2. The summed E-state index contributed by atoms with van der Waals surface area (Å²) in [6.07, 6.45) is 6.55. The van der Waals surface area contributed by atoms with Crippen LogP contribution in [0, 0.1) is 23.7 Å².